The van der Waals surface area contributed by atoms with Crippen molar-refractivity contribution >= 4 is 17.6 Å². The first-order chi connectivity index (χ1) is 16.3. The lowest BCUT2D eigenvalue weighted by Crippen LogP contribution is -2.40. The molecule has 3 atom stereocenters. The minimum atomic E-state index is -0.696. The fraction of sp³-hybridized carbons (Fsp3) is 0.478. The maximum atomic E-state index is 12.6. The molecule has 2 aromatic heterocycles. The number of aromatic nitrogens is 5. The Balaban J connectivity index is 1.28. The highest BCUT2D eigenvalue weighted by Crippen LogP contribution is 2.44. The summed E-state index contributed by atoms with van der Waals surface area (Å²) in [4.78, 5) is 32.3. The predicted octanol–water partition coefficient (Wildman–Crippen LogP) is 1.82. The molecule has 0 aromatic carbocycles. The van der Waals surface area contributed by atoms with Gasteiger partial charge in [-0.1, -0.05) is 26.0 Å². The highest BCUT2D eigenvalue weighted by atomic mass is 16.6. The van der Waals surface area contributed by atoms with E-state index in [4.69, 9.17) is 15.2 Å². The summed E-state index contributed by atoms with van der Waals surface area (Å²) < 4.78 is 10.9. The topological polar surface area (TPSA) is 138 Å². The Hall–Kier alpha value is -3.60. The smallest absolute Gasteiger partial charge is 0.414 e. The van der Waals surface area contributed by atoms with Gasteiger partial charge in [0.2, 0.25) is 5.82 Å². The second kappa shape index (κ2) is 8.64. The lowest BCUT2D eigenvalue weighted by atomic mass is 9.92. The molecular weight excluding hydrogens is 438 g/mol. The quantitative estimate of drug-likeness (QED) is 0.633. The number of aryl methyl sites for hydroxylation is 1. The number of carbonyl (C=O) groups excluding carboxylic acids is 2. The lowest BCUT2D eigenvalue weighted by molar-refractivity contribution is -0.149. The van der Waals surface area contributed by atoms with Gasteiger partial charge in [0, 0.05) is 11.9 Å². The molecule has 0 saturated carbocycles. The van der Waals surface area contributed by atoms with Gasteiger partial charge < -0.3 is 15.2 Å². The van der Waals surface area contributed by atoms with Gasteiger partial charge >= 0.3 is 12.1 Å². The van der Waals surface area contributed by atoms with Crippen molar-refractivity contribution < 1.29 is 19.1 Å². The Morgan fingerprint density at radius 1 is 1.32 bits per heavy atom. The van der Waals surface area contributed by atoms with E-state index in [0.29, 0.717) is 17.9 Å². The number of ether oxygens (including phenoxy) is 2. The monoisotopic (exact) mass is 465 g/mol. The fourth-order valence-corrected chi connectivity index (χ4v) is 4.56. The van der Waals surface area contributed by atoms with E-state index >= 15 is 0 Å². The standard InChI is InChI=1S/C23H27N7O4/c1-12(2)20(24)22(31)33-11-19-18-9-15-8-13(5-7-17(15)30(18)23(32)34-19)14-4-6-16(25-10-14)21-26-28-29(3)27-21/h4,6,8,10,12,18-20H,5,7,9,11,24H2,1-3H3. The van der Waals surface area contributed by atoms with Gasteiger partial charge in [0.05, 0.1) is 13.1 Å². The van der Waals surface area contributed by atoms with Gasteiger partial charge in [-0.2, -0.15) is 4.80 Å². The zero-order chi connectivity index (χ0) is 24.0. The number of cyclic esters (lactones) is 1. The van der Waals surface area contributed by atoms with Gasteiger partial charge in [0.1, 0.15) is 18.3 Å². The molecule has 0 bridgehead atoms. The van der Waals surface area contributed by atoms with Crippen LogP contribution in [0.25, 0.3) is 17.1 Å². The zero-order valence-electron chi connectivity index (χ0n) is 19.3. The van der Waals surface area contributed by atoms with Crippen molar-refractivity contribution in [1.82, 2.24) is 30.1 Å². The Morgan fingerprint density at radius 3 is 2.82 bits per heavy atom. The van der Waals surface area contributed by atoms with Crippen molar-refractivity contribution in [3.63, 3.8) is 0 Å². The largest absolute Gasteiger partial charge is 0.460 e. The molecular formula is C23H27N7O4. The van der Waals surface area contributed by atoms with Crippen LogP contribution in [0.15, 0.2) is 35.7 Å². The minimum Gasteiger partial charge on any atom is -0.460 e. The molecule has 178 valence electrons. The molecule has 3 unspecified atom stereocenters. The molecule has 1 amide bonds. The van der Waals surface area contributed by atoms with E-state index in [2.05, 4.69) is 26.5 Å². The maximum absolute atomic E-state index is 12.6. The van der Waals surface area contributed by atoms with Crippen LogP contribution in [0.4, 0.5) is 4.79 Å². The average molecular weight is 466 g/mol. The zero-order valence-corrected chi connectivity index (χ0v) is 19.3. The lowest BCUT2D eigenvalue weighted by Gasteiger charge is -2.21. The molecule has 1 aliphatic carbocycles. The van der Waals surface area contributed by atoms with Gasteiger partial charge in [-0.25, -0.2) is 4.79 Å². The predicted molar refractivity (Wildman–Crippen MR) is 121 cm³/mol. The Labute approximate surface area is 196 Å². The van der Waals surface area contributed by atoms with E-state index in [1.165, 1.54) is 4.80 Å². The van der Waals surface area contributed by atoms with Crippen LogP contribution < -0.4 is 5.73 Å². The molecule has 0 spiro atoms. The van der Waals surface area contributed by atoms with Gasteiger partial charge in [0.25, 0.3) is 0 Å². The van der Waals surface area contributed by atoms with Crippen molar-refractivity contribution in [2.24, 2.45) is 18.7 Å². The normalized spacial score (nSPS) is 22.4. The van der Waals surface area contributed by atoms with E-state index < -0.39 is 18.1 Å². The third-order valence-electron chi connectivity index (χ3n) is 6.53. The van der Waals surface area contributed by atoms with Crippen LogP contribution in [0, 0.1) is 5.92 Å². The molecule has 11 nitrogen and oxygen atoms in total. The summed E-state index contributed by atoms with van der Waals surface area (Å²) in [6, 6.07) is 3.01. The molecule has 2 aliphatic heterocycles. The molecule has 1 fully saturated rings. The van der Waals surface area contributed by atoms with Gasteiger partial charge in [-0.05, 0) is 53.2 Å². The Bertz CT molecular complexity index is 1180. The van der Waals surface area contributed by atoms with Crippen LogP contribution in [-0.4, -0.2) is 66.9 Å². The van der Waals surface area contributed by atoms with E-state index in [1.54, 1.807) is 11.9 Å². The number of rotatable bonds is 6. The second-order valence-electron chi connectivity index (χ2n) is 9.14. The van der Waals surface area contributed by atoms with E-state index in [-0.39, 0.29) is 24.7 Å². The van der Waals surface area contributed by atoms with Crippen LogP contribution in [0.2, 0.25) is 0 Å². The Kier molecular flexibility index (Phi) is 5.64. The number of esters is 1. The number of tetrazole rings is 1. The second-order valence-corrected chi connectivity index (χ2v) is 9.14. The molecule has 2 aromatic rings. The number of carbonyl (C=O) groups is 2. The molecule has 4 heterocycles. The van der Waals surface area contributed by atoms with Crippen molar-refractivity contribution in [2.75, 3.05) is 6.61 Å². The number of pyridine rings is 1. The van der Waals surface area contributed by atoms with Gasteiger partial charge in [-0.15, -0.1) is 10.2 Å². The summed E-state index contributed by atoms with van der Waals surface area (Å²) in [5.74, 6) is -0.0256. The van der Waals surface area contributed by atoms with Gasteiger partial charge in [0.15, 0.2) is 6.10 Å². The number of hydrogen-bond acceptors (Lipinski definition) is 9. The first-order valence-corrected chi connectivity index (χ1v) is 11.4. The van der Waals surface area contributed by atoms with E-state index in [0.717, 1.165) is 35.2 Å². The minimum absolute atomic E-state index is 0.00505. The summed E-state index contributed by atoms with van der Waals surface area (Å²) in [5, 5.41) is 12.0. The number of nitrogens with two attached hydrogens (primary N) is 1. The van der Waals surface area contributed by atoms with Crippen LogP contribution in [0.5, 0.6) is 0 Å². The number of fused-ring (bicyclic) bond motifs is 2. The van der Waals surface area contributed by atoms with Crippen molar-refractivity contribution in [2.45, 2.75) is 51.3 Å². The van der Waals surface area contributed by atoms with Crippen LogP contribution in [0.3, 0.4) is 0 Å². The molecule has 5 rings (SSSR count). The number of allylic oxidation sites excluding steroid dienone is 3. The van der Waals surface area contributed by atoms with Crippen LogP contribution >= 0.6 is 0 Å². The average Bonchev–Trinajstić information content (AvgIpc) is 3.51. The first-order valence-electron chi connectivity index (χ1n) is 11.4. The first kappa shape index (κ1) is 22.2. The number of hydrogen-bond donors (Lipinski definition) is 1. The SMILES string of the molecule is CC(C)C(N)C(=O)OCC1OC(=O)N2C3=C(C=C(c4ccc(-c5nnn(C)n5)nc4)CC3)CC12. The van der Waals surface area contributed by atoms with E-state index in [1.807, 2.05) is 32.2 Å². The summed E-state index contributed by atoms with van der Waals surface area (Å²) in [7, 11) is 1.71. The Morgan fingerprint density at radius 2 is 2.15 bits per heavy atom. The van der Waals surface area contributed by atoms with Crippen LogP contribution in [0.1, 0.15) is 38.7 Å². The highest BCUT2D eigenvalue weighted by molar-refractivity contribution is 5.78. The number of amides is 1. The third kappa shape index (κ3) is 3.96. The van der Waals surface area contributed by atoms with Crippen LogP contribution in [-0.2, 0) is 21.3 Å². The molecule has 1 saturated heterocycles. The molecule has 0 radical (unpaired) electrons. The molecule has 11 heteroatoms. The number of nitrogens with zero attached hydrogens (tertiary/aromatic N) is 6. The summed E-state index contributed by atoms with van der Waals surface area (Å²) in [6.45, 7) is 3.72. The van der Waals surface area contributed by atoms with Crippen molar-refractivity contribution in [3.05, 3.63) is 41.2 Å². The summed E-state index contributed by atoms with van der Waals surface area (Å²) >= 11 is 0. The maximum Gasteiger partial charge on any atom is 0.414 e. The van der Waals surface area contributed by atoms with Gasteiger partial charge in [-0.3, -0.25) is 14.7 Å². The van der Waals surface area contributed by atoms with Crippen molar-refractivity contribution in [1.29, 1.82) is 0 Å². The molecule has 3 aliphatic rings. The van der Waals surface area contributed by atoms with Crippen molar-refractivity contribution in [3.8, 4) is 11.5 Å². The molecule has 2 N–H and O–H groups in total. The fourth-order valence-electron chi connectivity index (χ4n) is 4.56. The highest BCUT2D eigenvalue weighted by Gasteiger charge is 2.49. The van der Waals surface area contributed by atoms with E-state index in [9.17, 15) is 9.59 Å². The summed E-state index contributed by atoms with van der Waals surface area (Å²) in [5.41, 5.74) is 10.8. The summed E-state index contributed by atoms with van der Waals surface area (Å²) in [6.07, 6.45) is 5.21. The molecule has 34 heavy (non-hydrogen) atoms. The third-order valence-corrected chi connectivity index (χ3v) is 6.53.